The van der Waals surface area contributed by atoms with Crippen LogP contribution in [0.1, 0.15) is 15.2 Å². The van der Waals surface area contributed by atoms with Crippen LogP contribution in [0, 0.1) is 0 Å². The number of carbonyl (C=O) groups is 1. The molecule has 0 saturated heterocycles. The third-order valence-corrected chi connectivity index (χ3v) is 4.41. The maximum Gasteiger partial charge on any atom is 0.261 e. The van der Waals surface area contributed by atoms with Crippen molar-refractivity contribution in [3.8, 4) is 16.2 Å². The van der Waals surface area contributed by atoms with Crippen LogP contribution in [0.4, 0.5) is 0 Å². The van der Waals surface area contributed by atoms with Gasteiger partial charge in [-0.2, -0.15) is 0 Å². The molecule has 0 fully saturated rings. The highest BCUT2D eigenvalue weighted by molar-refractivity contribution is 7.17. The lowest BCUT2D eigenvalue weighted by Crippen LogP contribution is -2.21. The lowest BCUT2D eigenvalue weighted by Gasteiger charge is -2.03. The predicted octanol–water partition coefficient (Wildman–Crippen LogP) is 4.05. The SMILES string of the molecule is O=C(NCc1ccccc1)c1ccc(-c2ccc(O)cc2)s1. The first-order valence-corrected chi connectivity index (χ1v) is 7.75. The Bertz CT molecular complexity index is 763. The minimum atomic E-state index is -0.0705. The van der Waals surface area contributed by atoms with Gasteiger partial charge in [-0.1, -0.05) is 30.3 Å². The summed E-state index contributed by atoms with van der Waals surface area (Å²) in [4.78, 5) is 13.9. The molecule has 1 aromatic heterocycles. The van der Waals surface area contributed by atoms with E-state index in [1.807, 2.05) is 54.6 Å². The van der Waals surface area contributed by atoms with Crippen LogP contribution in [-0.4, -0.2) is 11.0 Å². The van der Waals surface area contributed by atoms with Crippen molar-refractivity contribution < 1.29 is 9.90 Å². The van der Waals surface area contributed by atoms with Gasteiger partial charge in [0.25, 0.3) is 5.91 Å². The summed E-state index contributed by atoms with van der Waals surface area (Å²) >= 11 is 1.44. The normalized spacial score (nSPS) is 10.4. The van der Waals surface area contributed by atoms with Crippen molar-refractivity contribution in [2.75, 3.05) is 0 Å². The van der Waals surface area contributed by atoms with Gasteiger partial charge in [0.1, 0.15) is 5.75 Å². The first kappa shape index (κ1) is 14.4. The van der Waals surface area contributed by atoms with E-state index in [0.29, 0.717) is 11.4 Å². The summed E-state index contributed by atoms with van der Waals surface area (Å²) < 4.78 is 0. The van der Waals surface area contributed by atoms with E-state index in [1.165, 1.54) is 11.3 Å². The molecule has 22 heavy (non-hydrogen) atoms. The number of benzene rings is 2. The smallest absolute Gasteiger partial charge is 0.261 e. The van der Waals surface area contributed by atoms with Crippen LogP contribution in [0.2, 0.25) is 0 Å². The van der Waals surface area contributed by atoms with E-state index < -0.39 is 0 Å². The molecule has 3 nitrogen and oxygen atoms in total. The Morgan fingerprint density at radius 3 is 2.41 bits per heavy atom. The minimum absolute atomic E-state index is 0.0705. The Labute approximate surface area is 132 Å². The molecule has 1 heterocycles. The second-order valence-electron chi connectivity index (χ2n) is 4.88. The molecule has 2 aromatic carbocycles. The molecule has 4 heteroatoms. The molecule has 0 spiro atoms. The first-order valence-electron chi connectivity index (χ1n) is 6.94. The Morgan fingerprint density at radius 1 is 0.955 bits per heavy atom. The zero-order chi connectivity index (χ0) is 15.4. The molecule has 0 aliphatic carbocycles. The Balaban J connectivity index is 1.68. The average molecular weight is 309 g/mol. The van der Waals surface area contributed by atoms with Crippen LogP contribution >= 0.6 is 11.3 Å². The summed E-state index contributed by atoms with van der Waals surface area (Å²) in [5.41, 5.74) is 2.07. The number of aromatic hydroxyl groups is 1. The van der Waals surface area contributed by atoms with Crippen molar-refractivity contribution in [2.45, 2.75) is 6.54 Å². The van der Waals surface area contributed by atoms with Gasteiger partial charge in [-0.25, -0.2) is 0 Å². The van der Waals surface area contributed by atoms with E-state index in [2.05, 4.69) is 5.32 Å². The van der Waals surface area contributed by atoms with E-state index >= 15 is 0 Å². The maximum absolute atomic E-state index is 12.2. The number of carbonyl (C=O) groups excluding carboxylic acids is 1. The molecule has 1 amide bonds. The van der Waals surface area contributed by atoms with Crippen molar-refractivity contribution in [3.05, 3.63) is 77.2 Å². The largest absolute Gasteiger partial charge is 0.508 e. The molecule has 0 saturated carbocycles. The quantitative estimate of drug-likeness (QED) is 0.764. The first-order chi connectivity index (χ1) is 10.7. The molecule has 2 N–H and O–H groups in total. The van der Waals surface area contributed by atoms with Crippen LogP contribution in [0.3, 0.4) is 0 Å². The average Bonchev–Trinajstić information content (AvgIpc) is 3.04. The van der Waals surface area contributed by atoms with E-state index in [1.54, 1.807) is 12.1 Å². The highest BCUT2D eigenvalue weighted by Gasteiger charge is 2.10. The standard InChI is InChI=1S/C18H15NO2S/c20-15-8-6-14(7-9-15)16-10-11-17(22-16)18(21)19-12-13-4-2-1-3-5-13/h1-11,20H,12H2,(H,19,21). The molecule has 3 rings (SSSR count). The van der Waals surface area contributed by atoms with Crippen molar-refractivity contribution in [1.29, 1.82) is 0 Å². The van der Waals surface area contributed by atoms with Gasteiger partial charge in [-0.15, -0.1) is 11.3 Å². The molecular weight excluding hydrogens is 294 g/mol. The van der Waals surface area contributed by atoms with Gasteiger partial charge in [0.2, 0.25) is 0 Å². The number of amides is 1. The Hall–Kier alpha value is -2.59. The summed E-state index contributed by atoms with van der Waals surface area (Å²) in [6.45, 7) is 0.520. The van der Waals surface area contributed by atoms with Gasteiger partial charge in [-0.3, -0.25) is 4.79 Å². The van der Waals surface area contributed by atoms with Crippen molar-refractivity contribution >= 4 is 17.2 Å². The molecule has 0 unspecified atom stereocenters. The van der Waals surface area contributed by atoms with Crippen LogP contribution < -0.4 is 5.32 Å². The number of nitrogens with one attached hydrogen (secondary N) is 1. The zero-order valence-electron chi connectivity index (χ0n) is 11.8. The second kappa shape index (κ2) is 6.45. The Kier molecular flexibility index (Phi) is 4.21. The third kappa shape index (κ3) is 3.35. The van der Waals surface area contributed by atoms with Gasteiger partial charge in [0.05, 0.1) is 4.88 Å². The van der Waals surface area contributed by atoms with Crippen molar-refractivity contribution in [1.82, 2.24) is 5.32 Å². The fourth-order valence-electron chi connectivity index (χ4n) is 2.11. The number of phenolic OH excluding ortho intramolecular Hbond substituents is 1. The second-order valence-corrected chi connectivity index (χ2v) is 5.96. The molecule has 0 atom stereocenters. The zero-order valence-corrected chi connectivity index (χ0v) is 12.6. The van der Waals surface area contributed by atoms with Crippen molar-refractivity contribution in [2.24, 2.45) is 0 Å². The lowest BCUT2D eigenvalue weighted by atomic mass is 10.2. The minimum Gasteiger partial charge on any atom is -0.508 e. The van der Waals surface area contributed by atoms with Gasteiger partial charge < -0.3 is 10.4 Å². The van der Waals surface area contributed by atoms with Crippen LogP contribution in [0.15, 0.2) is 66.7 Å². The van der Waals surface area contributed by atoms with E-state index in [4.69, 9.17) is 0 Å². The summed E-state index contributed by atoms with van der Waals surface area (Å²) in [6, 6.07) is 20.5. The highest BCUT2D eigenvalue weighted by atomic mass is 32.1. The number of hydrogen-bond donors (Lipinski definition) is 2. The van der Waals surface area contributed by atoms with Crippen LogP contribution in [0.5, 0.6) is 5.75 Å². The fourth-order valence-corrected chi connectivity index (χ4v) is 3.03. The van der Waals surface area contributed by atoms with Crippen LogP contribution in [0.25, 0.3) is 10.4 Å². The monoisotopic (exact) mass is 309 g/mol. The molecule has 3 aromatic rings. The summed E-state index contributed by atoms with van der Waals surface area (Å²) in [7, 11) is 0. The summed E-state index contributed by atoms with van der Waals surface area (Å²) in [5.74, 6) is 0.167. The molecule has 0 aliphatic rings. The third-order valence-electron chi connectivity index (χ3n) is 3.28. The molecule has 0 radical (unpaired) electrons. The molecular formula is C18H15NO2S. The van der Waals surface area contributed by atoms with Crippen LogP contribution in [-0.2, 0) is 6.54 Å². The lowest BCUT2D eigenvalue weighted by molar-refractivity contribution is 0.0955. The van der Waals surface area contributed by atoms with E-state index in [-0.39, 0.29) is 11.7 Å². The molecule has 110 valence electrons. The predicted molar refractivity (Wildman–Crippen MR) is 89.0 cm³/mol. The number of rotatable bonds is 4. The Morgan fingerprint density at radius 2 is 1.68 bits per heavy atom. The van der Waals surface area contributed by atoms with Gasteiger partial charge in [0.15, 0.2) is 0 Å². The highest BCUT2D eigenvalue weighted by Crippen LogP contribution is 2.29. The fraction of sp³-hybridized carbons (Fsp3) is 0.0556. The summed E-state index contributed by atoms with van der Waals surface area (Å²) in [6.07, 6.45) is 0. The van der Waals surface area contributed by atoms with E-state index in [9.17, 15) is 9.90 Å². The summed E-state index contributed by atoms with van der Waals surface area (Å²) in [5, 5.41) is 12.2. The topological polar surface area (TPSA) is 49.3 Å². The van der Waals surface area contributed by atoms with Gasteiger partial charge >= 0.3 is 0 Å². The van der Waals surface area contributed by atoms with E-state index in [0.717, 1.165) is 16.0 Å². The number of thiophene rings is 1. The van der Waals surface area contributed by atoms with Gasteiger partial charge in [0, 0.05) is 11.4 Å². The molecule has 0 aliphatic heterocycles. The van der Waals surface area contributed by atoms with Crippen molar-refractivity contribution in [3.63, 3.8) is 0 Å². The maximum atomic E-state index is 12.2. The van der Waals surface area contributed by atoms with Gasteiger partial charge in [-0.05, 0) is 47.5 Å². The number of phenols is 1. The molecule has 0 bridgehead atoms. The number of hydrogen-bond acceptors (Lipinski definition) is 3.